The molecular weight excluding hydrogens is 178 g/mol. The molecule has 48 valence electrons. The topological polar surface area (TPSA) is 23.8 Å². The van der Waals surface area contributed by atoms with Gasteiger partial charge in [-0.1, -0.05) is 22.0 Å². The Bertz CT molecular complexity index is 180. The lowest BCUT2D eigenvalue weighted by Gasteiger charge is -1.80. The van der Waals surface area contributed by atoms with E-state index in [1.54, 1.807) is 13.0 Å². The summed E-state index contributed by atoms with van der Waals surface area (Å²) < 4.78 is 1.03. The van der Waals surface area contributed by atoms with E-state index in [4.69, 9.17) is 5.26 Å². The van der Waals surface area contributed by atoms with E-state index in [1.165, 1.54) is 0 Å². The van der Waals surface area contributed by atoms with E-state index >= 15 is 0 Å². The van der Waals surface area contributed by atoms with Gasteiger partial charge in [0.05, 0.1) is 6.07 Å². The molecule has 0 heterocycles. The third-order valence-corrected chi connectivity index (χ3v) is 1.00. The predicted molar refractivity (Wildman–Crippen MR) is 42.1 cm³/mol. The molecule has 0 unspecified atom stereocenters. The molecule has 0 atom stereocenters. The molecule has 0 aromatic heterocycles. The van der Waals surface area contributed by atoms with Crippen molar-refractivity contribution in [3.8, 4) is 6.07 Å². The monoisotopic (exact) mass is 185 g/mol. The van der Waals surface area contributed by atoms with Crippen molar-refractivity contribution in [2.45, 2.75) is 13.8 Å². The standard InChI is InChI=1S/C7H8BrN/c1-6(5-9)3-4-7(2)8/h3-4H,1-2H3/b6-3+,7-4+. The van der Waals surface area contributed by atoms with Crippen LogP contribution in [0.1, 0.15) is 13.8 Å². The van der Waals surface area contributed by atoms with Gasteiger partial charge in [-0.25, -0.2) is 0 Å². The number of allylic oxidation sites excluding steroid dienone is 4. The highest BCUT2D eigenvalue weighted by molar-refractivity contribution is 9.11. The summed E-state index contributed by atoms with van der Waals surface area (Å²) in [6.45, 7) is 3.69. The van der Waals surface area contributed by atoms with Gasteiger partial charge in [-0.3, -0.25) is 0 Å². The van der Waals surface area contributed by atoms with Crippen LogP contribution in [-0.4, -0.2) is 0 Å². The Kier molecular flexibility index (Phi) is 4.08. The minimum absolute atomic E-state index is 0.716. The van der Waals surface area contributed by atoms with E-state index in [0.29, 0.717) is 5.57 Å². The number of hydrogen-bond donors (Lipinski definition) is 0. The van der Waals surface area contributed by atoms with Crippen LogP contribution < -0.4 is 0 Å². The first kappa shape index (κ1) is 8.45. The fraction of sp³-hybridized carbons (Fsp3) is 0.286. The molecule has 0 amide bonds. The Hall–Kier alpha value is -0.550. The molecule has 0 aromatic carbocycles. The molecule has 0 rings (SSSR count). The van der Waals surface area contributed by atoms with E-state index in [1.807, 2.05) is 19.1 Å². The van der Waals surface area contributed by atoms with Crippen LogP contribution in [0.4, 0.5) is 0 Å². The molecule has 0 N–H and O–H groups in total. The zero-order valence-electron chi connectivity index (χ0n) is 5.48. The molecule has 0 bridgehead atoms. The second kappa shape index (κ2) is 4.34. The molecule has 0 aromatic rings. The van der Waals surface area contributed by atoms with Gasteiger partial charge in [0.25, 0.3) is 0 Å². The van der Waals surface area contributed by atoms with Gasteiger partial charge in [0, 0.05) is 5.57 Å². The molecule has 0 aliphatic heterocycles. The van der Waals surface area contributed by atoms with Gasteiger partial charge in [0.15, 0.2) is 0 Å². The van der Waals surface area contributed by atoms with Gasteiger partial charge in [-0.05, 0) is 24.4 Å². The summed E-state index contributed by atoms with van der Waals surface area (Å²) in [5.41, 5.74) is 0.716. The van der Waals surface area contributed by atoms with E-state index in [-0.39, 0.29) is 0 Å². The van der Waals surface area contributed by atoms with Crippen molar-refractivity contribution in [3.05, 3.63) is 22.2 Å². The largest absolute Gasteiger partial charge is 0.193 e. The van der Waals surface area contributed by atoms with Gasteiger partial charge in [0.1, 0.15) is 0 Å². The fourth-order valence-electron chi connectivity index (χ4n) is 0.277. The molecule has 0 fully saturated rings. The van der Waals surface area contributed by atoms with Gasteiger partial charge in [-0.15, -0.1) is 0 Å². The van der Waals surface area contributed by atoms with Crippen LogP contribution in [0.2, 0.25) is 0 Å². The van der Waals surface area contributed by atoms with Crippen LogP contribution in [0, 0.1) is 11.3 Å². The first-order valence-electron chi connectivity index (χ1n) is 2.57. The number of nitrogens with zero attached hydrogens (tertiary/aromatic N) is 1. The fourth-order valence-corrected chi connectivity index (χ4v) is 0.409. The number of rotatable bonds is 1. The number of halogens is 1. The minimum Gasteiger partial charge on any atom is -0.193 e. The van der Waals surface area contributed by atoms with Crippen LogP contribution in [0.5, 0.6) is 0 Å². The van der Waals surface area contributed by atoms with E-state index < -0.39 is 0 Å². The van der Waals surface area contributed by atoms with Crippen LogP contribution >= 0.6 is 15.9 Å². The average molecular weight is 186 g/mol. The highest BCUT2D eigenvalue weighted by Gasteiger charge is 1.78. The van der Waals surface area contributed by atoms with Crippen LogP contribution in [0.15, 0.2) is 22.2 Å². The van der Waals surface area contributed by atoms with Crippen molar-refractivity contribution in [3.63, 3.8) is 0 Å². The molecule has 0 spiro atoms. The summed E-state index contributed by atoms with van der Waals surface area (Å²) >= 11 is 3.24. The van der Waals surface area contributed by atoms with Crippen LogP contribution in [0.25, 0.3) is 0 Å². The minimum atomic E-state index is 0.716. The normalized spacial score (nSPS) is 13.1. The molecule has 1 nitrogen and oxygen atoms in total. The molecule has 9 heavy (non-hydrogen) atoms. The highest BCUT2D eigenvalue weighted by atomic mass is 79.9. The van der Waals surface area contributed by atoms with Gasteiger partial charge in [-0.2, -0.15) is 5.26 Å². The third kappa shape index (κ3) is 5.32. The summed E-state index contributed by atoms with van der Waals surface area (Å²) in [6.07, 6.45) is 3.61. The SMILES string of the molecule is C/C(Br)=C\C=C(/C)C#N. The second-order valence-electron chi connectivity index (χ2n) is 1.71. The Morgan fingerprint density at radius 2 is 2.00 bits per heavy atom. The van der Waals surface area contributed by atoms with Gasteiger partial charge >= 0.3 is 0 Å². The Morgan fingerprint density at radius 3 is 2.33 bits per heavy atom. The summed E-state index contributed by atoms with van der Waals surface area (Å²) in [7, 11) is 0. The average Bonchev–Trinajstić information content (AvgIpc) is 1.83. The first-order chi connectivity index (χ1) is 4.16. The lowest BCUT2D eigenvalue weighted by Crippen LogP contribution is -1.63. The quantitative estimate of drug-likeness (QED) is 0.456. The Labute approximate surface area is 63.8 Å². The van der Waals surface area contributed by atoms with Gasteiger partial charge in [0.2, 0.25) is 0 Å². The summed E-state index contributed by atoms with van der Waals surface area (Å²) in [5.74, 6) is 0. The summed E-state index contributed by atoms with van der Waals surface area (Å²) in [4.78, 5) is 0. The molecule has 0 saturated heterocycles. The van der Waals surface area contributed by atoms with Crippen molar-refractivity contribution >= 4 is 15.9 Å². The maximum absolute atomic E-state index is 8.28. The zero-order chi connectivity index (χ0) is 7.28. The Morgan fingerprint density at radius 1 is 1.44 bits per heavy atom. The number of hydrogen-bond acceptors (Lipinski definition) is 1. The smallest absolute Gasteiger partial charge is 0.0944 e. The van der Waals surface area contributed by atoms with Crippen molar-refractivity contribution in [1.82, 2.24) is 0 Å². The lowest BCUT2D eigenvalue weighted by atomic mass is 10.3. The van der Waals surface area contributed by atoms with Crippen molar-refractivity contribution in [1.29, 1.82) is 5.26 Å². The molecule has 0 saturated carbocycles. The van der Waals surface area contributed by atoms with E-state index in [9.17, 15) is 0 Å². The molecular formula is C7H8BrN. The van der Waals surface area contributed by atoms with Crippen LogP contribution in [0.3, 0.4) is 0 Å². The van der Waals surface area contributed by atoms with Crippen molar-refractivity contribution in [2.24, 2.45) is 0 Å². The zero-order valence-corrected chi connectivity index (χ0v) is 7.07. The third-order valence-electron chi connectivity index (χ3n) is 0.739. The molecule has 2 heteroatoms. The maximum Gasteiger partial charge on any atom is 0.0944 e. The molecule has 0 aliphatic carbocycles. The lowest BCUT2D eigenvalue weighted by molar-refractivity contribution is 1.44. The second-order valence-corrected chi connectivity index (χ2v) is 2.97. The van der Waals surface area contributed by atoms with Crippen molar-refractivity contribution in [2.75, 3.05) is 0 Å². The maximum atomic E-state index is 8.28. The predicted octanol–water partition coefficient (Wildman–Crippen LogP) is 2.75. The van der Waals surface area contributed by atoms with E-state index in [0.717, 1.165) is 4.48 Å². The van der Waals surface area contributed by atoms with E-state index in [2.05, 4.69) is 15.9 Å². The van der Waals surface area contributed by atoms with Crippen LogP contribution in [-0.2, 0) is 0 Å². The number of nitriles is 1. The summed E-state index contributed by atoms with van der Waals surface area (Å²) in [5, 5.41) is 8.28. The molecule has 0 radical (unpaired) electrons. The highest BCUT2D eigenvalue weighted by Crippen LogP contribution is 2.02. The van der Waals surface area contributed by atoms with Crippen molar-refractivity contribution < 1.29 is 0 Å². The summed E-state index contributed by atoms with van der Waals surface area (Å²) in [6, 6.07) is 2.02. The first-order valence-corrected chi connectivity index (χ1v) is 3.37. The van der Waals surface area contributed by atoms with Gasteiger partial charge < -0.3 is 0 Å². The Balaban J connectivity index is 4.03. The molecule has 0 aliphatic rings.